The molecular weight excluding hydrogens is 418 g/mol. The fourth-order valence-electron chi connectivity index (χ4n) is 3.93. The first kappa shape index (κ1) is 21.1. The van der Waals surface area contributed by atoms with E-state index in [1.165, 1.54) is 11.3 Å². The first-order valence-corrected chi connectivity index (χ1v) is 11.4. The van der Waals surface area contributed by atoms with Crippen LogP contribution in [0.1, 0.15) is 18.2 Å². The Hall–Kier alpha value is -2.11. The molecule has 0 bridgehead atoms. The zero-order chi connectivity index (χ0) is 21.1. The number of benzene rings is 1. The number of aromatic nitrogens is 1. The van der Waals surface area contributed by atoms with Gasteiger partial charge in [-0.3, -0.25) is 5.32 Å². The summed E-state index contributed by atoms with van der Waals surface area (Å²) in [5.74, 6) is 3.41. The minimum Gasteiger partial charge on any atom is -0.324 e. The Balaban J connectivity index is 1.33. The minimum atomic E-state index is -0.685. The van der Waals surface area contributed by atoms with Gasteiger partial charge in [-0.05, 0) is 24.6 Å². The molecule has 2 aliphatic heterocycles. The topological polar surface area (TPSA) is 60.5 Å². The first-order chi connectivity index (χ1) is 14.5. The predicted octanol–water partition coefficient (Wildman–Crippen LogP) is 3.10. The molecule has 1 atom stereocenters. The van der Waals surface area contributed by atoms with Gasteiger partial charge in [0.25, 0.3) is 0 Å². The van der Waals surface area contributed by atoms with Crippen LogP contribution in [0.3, 0.4) is 0 Å². The number of likely N-dealkylation sites (tertiary alicyclic amines) is 1. The number of urea groups is 1. The second-order valence-electron chi connectivity index (χ2n) is 8.07. The highest BCUT2D eigenvalue weighted by Gasteiger charge is 2.33. The molecule has 1 aromatic carbocycles. The number of hydrogen-bond acceptors (Lipinski definition) is 5. The third kappa shape index (κ3) is 4.47. The summed E-state index contributed by atoms with van der Waals surface area (Å²) in [6, 6.07) is 7.38. The van der Waals surface area contributed by atoms with Gasteiger partial charge < -0.3 is 15.1 Å². The van der Waals surface area contributed by atoms with Crippen molar-refractivity contribution in [2.45, 2.75) is 12.3 Å². The summed E-state index contributed by atoms with van der Waals surface area (Å²) in [5, 5.41) is 9.43. The smallest absolute Gasteiger partial charge is 0.323 e. The molecule has 0 unspecified atom stereocenters. The Morgan fingerprint density at radius 2 is 2.07 bits per heavy atom. The Bertz CT molecular complexity index is 928. The van der Waals surface area contributed by atoms with Crippen molar-refractivity contribution in [1.82, 2.24) is 20.1 Å². The van der Waals surface area contributed by atoms with Crippen molar-refractivity contribution in [3.05, 3.63) is 45.9 Å². The number of amides is 2. The van der Waals surface area contributed by atoms with Crippen LogP contribution in [0.2, 0.25) is 5.02 Å². The zero-order valence-electron chi connectivity index (χ0n) is 17.0. The van der Waals surface area contributed by atoms with Crippen LogP contribution in [0.15, 0.2) is 29.6 Å². The molecule has 2 N–H and O–H groups in total. The first-order valence-electron chi connectivity index (χ1n) is 10.2. The predicted molar refractivity (Wildman–Crippen MR) is 122 cm³/mol. The van der Waals surface area contributed by atoms with Gasteiger partial charge in [0.2, 0.25) is 0 Å². The third-order valence-corrected chi connectivity index (χ3v) is 6.92. The van der Waals surface area contributed by atoms with Crippen molar-refractivity contribution in [3.8, 4) is 12.3 Å². The number of thiazole rings is 1. The Morgan fingerprint density at radius 3 is 2.73 bits per heavy atom. The molecule has 6 nitrogen and oxygen atoms in total. The van der Waals surface area contributed by atoms with Gasteiger partial charge in [-0.1, -0.05) is 29.7 Å². The molecule has 4 rings (SSSR count). The summed E-state index contributed by atoms with van der Waals surface area (Å²) in [4.78, 5) is 21.5. The maximum Gasteiger partial charge on any atom is 0.323 e. The molecule has 8 heteroatoms. The molecule has 0 radical (unpaired) electrons. The maximum atomic E-state index is 12.6. The normalized spacial score (nSPS) is 19.6. The van der Waals surface area contributed by atoms with Crippen molar-refractivity contribution in [1.29, 1.82) is 0 Å². The van der Waals surface area contributed by atoms with Gasteiger partial charge in [0, 0.05) is 62.1 Å². The van der Waals surface area contributed by atoms with E-state index in [2.05, 4.69) is 26.4 Å². The lowest BCUT2D eigenvalue weighted by atomic mass is 9.81. The molecule has 0 spiro atoms. The maximum absolute atomic E-state index is 12.6. The molecule has 0 saturated carbocycles. The van der Waals surface area contributed by atoms with E-state index in [-0.39, 0.29) is 6.03 Å². The van der Waals surface area contributed by atoms with Crippen LogP contribution < -0.4 is 10.6 Å². The summed E-state index contributed by atoms with van der Waals surface area (Å²) in [7, 11) is 0. The van der Waals surface area contributed by atoms with E-state index in [0.29, 0.717) is 16.1 Å². The van der Waals surface area contributed by atoms with Gasteiger partial charge in [0.05, 0.1) is 11.1 Å². The van der Waals surface area contributed by atoms with Crippen molar-refractivity contribution < 1.29 is 4.79 Å². The Morgan fingerprint density at radius 1 is 1.37 bits per heavy atom. The molecule has 0 aliphatic carbocycles. The summed E-state index contributed by atoms with van der Waals surface area (Å²) >= 11 is 7.40. The number of nitrogens with zero attached hydrogens (tertiary/aromatic N) is 3. The Kier molecular flexibility index (Phi) is 6.30. The fourth-order valence-corrected chi connectivity index (χ4v) is 4.86. The van der Waals surface area contributed by atoms with Crippen LogP contribution in [0.25, 0.3) is 0 Å². The van der Waals surface area contributed by atoms with Gasteiger partial charge >= 0.3 is 6.03 Å². The van der Waals surface area contributed by atoms with Crippen molar-refractivity contribution in [2.75, 3.05) is 51.1 Å². The lowest BCUT2D eigenvalue weighted by molar-refractivity contribution is 0.0916. The van der Waals surface area contributed by atoms with Gasteiger partial charge in [-0.25, -0.2) is 9.78 Å². The average molecular weight is 444 g/mol. The summed E-state index contributed by atoms with van der Waals surface area (Å²) in [6.07, 6.45) is 5.87. The van der Waals surface area contributed by atoms with Gasteiger partial charge in [0.1, 0.15) is 0 Å². The minimum absolute atomic E-state index is 0.0960. The number of hydrogen-bond donors (Lipinski definition) is 2. The molecule has 3 heterocycles. The zero-order valence-corrected chi connectivity index (χ0v) is 18.6. The number of carbonyl (C=O) groups excluding carboxylic acids is 1. The monoisotopic (exact) mass is 443 g/mol. The number of terminal acetylenes is 1. The number of rotatable bonds is 5. The number of halogens is 1. The molecule has 2 saturated heterocycles. The molecule has 2 amide bonds. The third-order valence-electron chi connectivity index (χ3n) is 5.91. The largest absolute Gasteiger partial charge is 0.324 e. The van der Waals surface area contributed by atoms with E-state index in [4.69, 9.17) is 18.0 Å². The molecular formula is C22H26ClN5OS. The second kappa shape index (κ2) is 8.94. The van der Waals surface area contributed by atoms with Crippen LogP contribution in [-0.4, -0.2) is 66.6 Å². The highest BCUT2D eigenvalue weighted by Crippen LogP contribution is 2.34. The highest BCUT2D eigenvalue weighted by molar-refractivity contribution is 7.14. The van der Waals surface area contributed by atoms with E-state index in [9.17, 15) is 4.79 Å². The van der Waals surface area contributed by atoms with E-state index in [1.807, 2.05) is 41.5 Å². The quantitative estimate of drug-likeness (QED) is 0.697. The van der Waals surface area contributed by atoms with E-state index in [1.54, 1.807) is 0 Å². The molecule has 158 valence electrons. The fraction of sp³-hybridized carbons (Fsp3) is 0.455. The summed E-state index contributed by atoms with van der Waals surface area (Å²) in [5.41, 5.74) is 0.999. The number of piperazine rings is 1. The van der Waals surface area contributed by atoms with Crippen molar-refractivity contribution in [3.63, 3.8) is 0 Å². The second-order valence-corrected chi connectivity index (χ2v) is 9.36. The number of carbonyl (C=O) groups is 1. The van der Waals surface area contributed by atoms with Crippen LogP contribution in [0, 0.1) is 18.3 Å². The van der Waals surface area contributed by atoms with Crippen LogP contribution in [0.5, 0.6) is 0 Å². The summed E-state index contributed by atoms with van der Waals surface area (Å²) < 4.78 is 0. The van der Waals surface area contributed by atoms with E-state index < -0.39 is 5.41 Å². The SMILES string of the molecule is C#C[C@](C)(c1ccc(Cl)cc1)c1csc(NC(=O)N2CC(CN3CCNCC3)C2)n1. The van der Waals surface area contributed by atoms with Gasteiger partial charge in [-0.2, -0.15) is 0 Å². The van der Waals surface area contributed by atoms with Gasteiger partial charge in [-0.15, -0.1) is 17.8 Å². The lowest BCUT2D eigenvalue weighted by Crippen LogP contribution is -2.56. The molecule has 2 aromatic rings. The van der Waals surface area contributed by atoms with Crippen LogP contribution in [0.4, 0.5) is 9.93 Å². The van der Waals surface area contributed by atoms with E-state index >= 15 is 0 Å². The van der Waals surface area contributed by atoms with E-state index in [0.717, 1.165) is 57.1 Å². The van der Waals surface area contributed by atoms with Gasteiger partial charge in [0.15, 0.2) is 5.13 Å². The highest BCUT2D eigenvalue weighted by atomic mass is 35.5. The Labute approximate surface area is 186 Å². The average Bonchev–Trinajstić information content (AvgIpc) is 3.20. The van der Waals surface area contributed by atoms with Crippen LogP contribution >= 0.6 is 22.9 Å². The summed E-state index contributed by atoms with van der Waals surface area (Å²) in [6.45, 7) is 8.88. The molecule has 30 heavy (non-hydrogen) atoms. The molecule has 2 fully saturated rings. The lowest BCUT2D eigenvalue weighted by Gasteiger charge is -2.42. The molecule has 2 aliphatic rings. The molecule has 1 aromatic heterocycles. The number of anilines is 1. The standard InChI is InChI=1S/C22H26ClN5OS/c1-3-22(2,17-4-6-18(23)7-5-17)19-15-30-20(25-19)26-21(29)28-13-16(14-28)12-27-10-8-24-9-11-27/h1,4-7,15-16,24H,8-14H2,2H3,(H,25,26,29)/t22-/m1/s1. The van der Waals surface area contributed by atoms with Crippen molar-refractivity contribution in [2.24, 2.45) is 5.92 Å². The number of nitrogens with one attached hydrogen (secondary N) is 2. The van der Waals surface area contributed by atoms with Crippen molar-refractivity contribution >= 4 is 34.1 Å². The van der Waals surface area contributed by atoms with Crippen LogP contribution in [-0.2, 0) is 5.41 Å².